The fraction of sp³-hybridized carbons (Fsp3) is 0.738. The Balaban J connectivity index is -0.000000492. The largest absolute Gasteiger partial charge is 1.00 e. The summed E-state index contributed by atoms with van der Waals surface area (Å²) in [5, 5.41) is 152. The molecule has 0 aromatic heterocycles. The molecular formula is C61H93N5Na8O57S4-4. The average molecular weight is 2120 g/mol. The van der Waals surface area contributed by atoms with Crippen LogP contribution in [0.3, 0.4) is 0 Å². The van der Waals surface area contributed by atoms with Gasteiger partial charge in [0.05, 0.1) is 26.4 Å². The van der Waals surface area contributed by atoms with Crippen molar-refractivity contribution in [2.24, 2.45) is 5.73 Å². The van der Waals surface area contributed by atoms with E-state index in [0.717, 1.165) is 79.6 Å². The maximum atomic E-state index is 12.6. The minimum atomic E-state index is -4.92. The number of aliphatic hydroxyl groups is 13. The normalized spacial score (nSPS) is 33.1. The van der Waals surface area contributed by atoms with Crippen LogP contribution >= 0.6 is 0 Å². The number of hydrogen-bond acceptors (Lipinski definition) is 54. The van der Waals surface area contributed by atoms with E-state index in [9.17, 15) is 85.6 Å². The number of aliphatic hydroxyl groups excluding tert-OH is 13. The Labute approximate surface area is 946 Å². The van der Waals surface area contributed by atoms with Crippen molar-refractivity contribution >= 4 is 89.8 Å². The van der Waals surface area contributed by atoms with Crippen LogP contribution in [-0.4, -0.2) is 421 Å². The van der Waals surface area contributed by atoms with Crippen LogP contribution in [0.4, 0.5) is 0 Å². The molecule has 740 valence electrons. The van der Waals surface area contributed by atoms with E-state index in [1.165, 1.54) is 13.0 Å². The molecule has 8 rings (SSSR count). The molecule has 23 N–H and O–H groups in total. The summed E-state index contributed by atoms with van der Waals surface area (Å²) in [7, 11) is -19.7. The van der Waals surface area contributed by atoms with Gasteiger partial charge in [-0.2, -0.15) is 64.8 Å². The summed E-state index contributed by atoms with van der Waals surface area (Å²) in [5.74, 6) is -2.67. The van der Waals surface area contributed by atoms with E-state index in [1.54, 1.807) is 0 Å². The van der Waals surface area contributed by atoms with Crippen molar-refractivity contribution in [3.63, 3.8) is 0 Å². The zero-order valence-corrected chi connectivity index (χ0v) is 92.9. The number of rotatable bonds is 28. The van der Waals surface area contributed by atoms with Gasteiger partial charge in [0.2, 0.25) is 65.2 Å². The summed E-state index contributed by atoms with van der Waals surface area (Å²) >= 11 is 0. The van der Waals surface area contributed by atoms with Crippen LogP contribution < -0.4 is 263 Å². The summed E-state index contributed by atoms with van der Waals surface area (Å²) < 4.78 is 225. The first-order chi connectivity index (χ1) is 59.0. The molecule has 0 spiro atoms. The standard InChI is InChI=1S/C57H89N5O33.4CO2.8Na.4H2O4S/c1-22(67)59-42-47(76)46(75)30(14-63)85-54(42)89-35-19-82-39(11-27(35)72)93-52-32(16-65)87-56(44(49(52)78)61-24(3)69)91-37-21-84-41(13-29(37)74)95-53-33(17-66)88-57(45(50(53)79)62-25(4)70)92-36-20-83-40(12-28(36)73)94-51-31(15-64)86-55(43(48(51)77)60-23(2)68)90-34-18-81-38(10-26(34)71)80-9-7-5-6-8-58;4*2-1-3;;;;;;;;;4*1-5(2,3)4/h10-13,18-21,26-57,63-66,71-79H,5-9,14-17,58H2,1-4H3,(H,59,67)(H,60,68)(H,61,69)(H,62,70);;;;;;;;;;;;;4*(H2,1,2,3,4)/q-8;;;;;8*+1;;;;/p-4/t26-,27-,28-,29-,30?,31?,32?,33?,34+,35+,36+,37+,38+,39-,40-,41-,42?,43?,44?,45?,46+,47+,48+,49+,50+,51+,52+,53+,54+,55+,56+,57+;;;;;;;;;;;;;;;;/m0................/s1. The second-order valence-electron chi connectivity index (χ2n) is 25.5. The molecule has 0 aromatic rings. The average Bonchev–Trinajstić information content (AvgIpc) is 0.791. The summed E-state index contributed by atoms with van der Waals surface area (Å²) in [6.45, 7) is 6.22. The first-order valence-electron chi connectivity index (χ1n) is 35.2. The van der Waals surface area contributed by atoms with E-state index >= 15 is 0 Å². The van der Waals surface area contributed by atoms with Crippen molar-refractivity contribution < 1.29 is 506 Å². The summed E-state index contributed by atoms with van der Waals surface area (Å²) in [5.41, 5.74) is 5.54. The number of hydrogen-bond donors (Lipinski definition) is 22. The first kappa shape index (κ1) is 154. The number of carbonyl (C=O) groups is 4. The molecule has 8 aliphatic heterocycles. The van der Waals surface area contributed by atoms with Gasteiger partial charge in [0.15, 0.2) is 25.2 Å². The maximum absolute atomic E-state index is 12.6. The van der Waals surface area contributed by atoms with E-state index in [2.05, 4.69) is 21.3 Å². The topological polar surface area (TPSA) is 999 Å². The van der Waals surface area contributed by atoms with Gasteiger partial charge in [-0.3, -0.25) is 37.4 Å². The molecule has 0 saturated carbocycles. The Morgan fingerprint density at radius 3 is 0.741 bits per heavy atom. The summed E-state index contributed by atoms with van der Waals surface area (Å²) in [6.07, 6.45) is -34.3. The van der Waals surface area contributed by atoms with Crippen LogP contribution in [0.2, 0.25) is 0 Å². The van der Waals surface area contributed by atoms with E-state index in [1.807, 2.05) is 0 Å². The van der Waals surface area contributed by atoms with Gasteiger partial charge >= 0.3 is 261 Å². The summed E-state index contributed by atoms with van der Waals surface area (Å²) in [4.78, 5) is 114. The van der Waals surface area contributed by atoms with Crippen molar-refractivity contribution in [2.45, 2.75) is 244 Å². The van der Waals surface area contributed by atoms with Crippen LogP contribution in [0, 0.1) is 52.1 Å². The molecule has 4 amide bonds. The predicted octanol–water partition coefficient (Wildman–Crippen LogP) is -40.4. The van der Waals surface area contributed by atoms with Crippen molar-refractivity contribution in [1.29, 1.82) is 0 Å². The van der Waals surface area contributed by atoms with Crippen molar-refractivity contribution in [1.82, 2.24) is 21.3 Å². The number of unbranched alkanes of at least 4 members (excludes halogenated alkanes) is 2. The molecule has 62 nitrogen and oxygen atoms in total. The molecule has 8 unspecified atom stereocenters. The number of nitrogens with two attached hydrogens (primary N) is 1. The van der Waals surface area contributed by atoms with E-state index in [-0.39, 0.29) is 261 Å². The third kappa shape index (κ3) is 65.3. The smallest absolute Gasteiger partial charge is 0.726 e. The van der Waals surface area contributed by atoms with Gasteiger partial charge in [0.25, 0.3) is 0 Å². The van der Waals surface area contributed by atoms with Crippen LogP contribution in [-0.2, 0) is 175 Å². The van der Waals surface area contributed by atoms with Crippen molar-refractivity contribution in [3.05, 3.63) is 52.1 Å². The Morgan fingerprint density at radius 1 is 0.341 bits per heavy atom. The van der Waals surface area contributed by atoms with E-state index in [4.69, 9.17) is 190 Å². The Hall–Kier alpha value is 1.68. The minimum Gasteiger partial charge on any atom is -0.726 e. The van der Waals surface area contributed by atoms with Gasteiger partial charge in [-0.05, 0) is 50.2 Å². The number of amides is 4. The van der Waals surface area contributed by atoms with Gasteiger partial charge in [-0.15, -0.1) is 0 Å². The molecule has 0 bridgehead atoms. The van der Waals surface area contributed by atoms with Crippen LogP contribution in [0.1, 0.15) is 47.0 Å². The predicted molar refractivity (Wildman–Crippen MR) is 374 cm³/mol. The Kier molecular flexibility index (Phi) is 92.2. The fourth-order valence-corrected chi connectivity index (χ4v) is 11.5. The van der Waals surface area contributed by atoms with Crippen LogP contribution in [0.15, 0.2) is 0 Å². The van der Waals surface area contributed by atoms with E-state index < -0.39 is 288 Å². The van der Waals surface area contributed by atoms with Crippen molar-refractivity contribution in [2.75, 3.05) is 39.6 Å². The summed E-state index contributed by atoms with van der Waals surface area (Å²) in [6, 6.07) is -5.76. The number of ether oxygens (including phenoxy) is 16. The molecule has 8 aliphatic rings. The number of carbonyl (C=O) groups excluding carboxylic acids is 12. The van der Waals surface area contributed by atoms with Gasteiger partial charge < -0.3 is 187 Å². The van der Waals surface area contributed by atoms with Crippen molar-refractivity contribution in [3.8, 4) is 0 Å². The zero-order valence-electron chi connectivity index (χ0n) is 73.6. The number of nitrogens with one attached hydrogen (secondary N) is 4. The second-order valence-corrected chi connectivity index (χ2v) is 28.9. The quantitative estimate of drug-likeness (QED) is 0.0114. The minimum absolute atomic E-state index is 0. The molecule has 0 aliphatic carbocycles. The first-order valence-corrected chi connectivity index (χ1v) is 40.7. The van der Waals surface area contributed by atoms with Crippen LogP contribution in [0.5, 0.6) is 0 Å². The fourth-order valence-electron chi connectivity index (χ4n) is 11.5. The molecular weight excluding hydrogens is 2030 g/mol. The Morgan fingerprint density at radius 2 is 0.541 bits per heavy atom. The monoisotopic (exact) mass is 2120 g/mol. The van der Waals surface area contributed by atoms with Gasteiger partial charge in [0.1, 0.15) is 97.4 Å². The third-order valence-corrected chi connectivity index (χ3v) is 16.2. The third-order valence-electron chi connectivity index (χ3n) is 16.2. The molecule has 135 heavy (non-hydrogen) atoms. The van der Waals surface area contributed by atoms with Gasteiger partial charge in [-0.25, -0.2) is 59.4 Å². The van der Waals surface area contributed by atoms with E-state index in [0.29, 0.717) is 19.6 Å². The SMILES string of the molecule is CC(=O)NC1[C@@H](O[C@@H]2[CH-]O[C@@H](O[C@@H]3C(CO)O[C@H](O[C@@H]4[CH-]O[C@@H](O[C@@H]5C(CO)O[C@H](O[C@@H]6[CH-]O[C@@H](O[C@@H]7C(CO)O[C@H](O[C@@H]8[CH-]O[C@@H](OCCCCCN)[CH-][C@@H]8O)C(NC(C)=O)[C@H]7O)[CH-][C@@H]6O)C(NC(C)=O)[C@H]5O)[CH-][C@@H]4O)C(NC(C)=O)[C@H]3O)[CH-][C@@H]2O)OC(CO)[C@@H](O)[C@@H]1O.O=C=O.O=C=O.O=C=O.O=C=O.O=S(=O)([O-])O.O=S(=O)([O-])O.O=S(=O)([O-])O.O=S(=O)([O-])O.[Na+].[Na+].[Na+].[Na+].[Na+].[Na+].[Na+].[Na+]. The molecule has 0 radical (unpaired) electrons. The molecule has 32 atom stereocenters. The van der Waals surface area contributed by atoms with Gasteiger partial charge in [0, 0.05) is 59.5 Å². The molecule has 0 aromatic carbocycles. The molecule has 8 saturated heterocycles. The Bertz CT molecular complexity index is 3670. The molecule has 8 heterocycles. The molecule has 8 fully saturated rings. The van der Waals surface area contributed by atoms with Gasteiger partial charge in [-0.1, -0.05) is 24.4 Å². The van der Waals surface area contributed by atoms with Crippen LogP contribution in [0.25, 0.3) is 0 Å². The molecule has 74 heteroatoms. The maximum Gasteiger partial charge on any atom is 1.00 e. The second kappa shape index (κ2) is 80.7. The zero-order chi connectivity index (χ0) is 97.8.